The fourth-order valence-corrected chi connectivity index (χ4v) is 4.21. The lowest BCUT2D eigenvalue weighted by molar-refractivity contribution is -0.158. The summed E-state index contributed by atoms with van der Waals surface area (Å²) in [4.78, 5) is 24.8. The molecule has 3 atom stereocenters. The Morgan fingerprint density at radius 2 is 2.37 bits per heavy atom. The molecule has 19 heavy (non-hydrogen) atoms. The van der Waals surface area contributed by atoms with Crippen LogP contribution in [0.2, 0.25) is 0 Å². The summed E-state index contributed by atoms with van der Waals surface area (Å²) in [7, 11) is 0. The summed E-state index contributed by atoms with van der Waals surface area (Å²) < 4.78 is 4.40. The van der Waals surface area contributed by atoms with Gasteiger partial charge < -0.3 is 19.8 Å². The molecule has 0 aliphatic carbocycles. The number of nitrogens with one attached hydrogen (secondary N) is 1. The molecule has 0 spiro atoms. The molecule has 3 heterocycles. The highest BCUT2D eigenvalue weighted by atomic mass is 32.2. The van der Waals surface area contributed by atoms with Crippen molar-refractivity contribution in [3.63, 3.8) is 0 Å². The minimum atomic E-state index is -0.966. The number of β-lactam (4-membered cyclic amide) rings is 1. The van der Waals surface area contributed by atoms with Crippen molar-refractivity contribution in [2.45, 2.75) is 36.1 Å². The number of carbonyl (C=O) groups is 2. The van der Waals surface area contributed by atoms with Crippen LogP contribution in [-0.4, -0.2) is 49.2 Å². The summed E-state index contributed by atoms with van der Waals surface area (Å²) >= 11 is 1.49. The van der Waals surface area contributed by atoms with Crippen LogP contribution in [0.3, 0.4) is 0 Å². The van der Waals surface area contributed by atoms with Crippen molar-refractivity contribution >= 4 is 29.5 Å². The number of amides is 1. The first kappa shape index (κ1) is 12.3. The van der Waals surface area contributed by atoms with Gasteiger partial charge in [-0.2, -0.15) is 0 Å². The van der Waals surface area contributed by atoms with Crippen molar-refractivity contribution in [3.05, 3.63) is 12.3 Å². The van der Waals surface area contributed by atoms with Gasteiger partial charge in [-0.15, -0.1) is 11.8 Å². The van der Waals surface area contributed by atoms with E-state index in [0.29, 0.717) is 5.88 Å². The van der Waals surface area contributed by atoms with Gasteiger partial charge in [0.05, 0.1) is 6.20 Å². The number of carbonyl (C=O) groups excluding carboxylic acids is 1. The molecule has 2 N–H and O–H groups in total. The number of aromatic nitrogens is 1. The van der Waals surface area contributed by atoms with Crippen molar-refractivity contribution < 1.29 is 19.2 Å². The topological polar surface area (TPSA) is 95.7 Å². The molecule has 0 radical (unpaired) electrons. The molecule has 1 amide bonds. The largest absolute Gasteiger partial charge is 0.480 e. The molecule has 2 aliphatic heterocycles. The predicted molar refractivity (Wildman–Crippen MR) is 67.6 cm³/mol. The van der Waals surface area contributed by atoms with Crippen molar-refractivity contribution in [3.8, 4) is 0 Å². The number of hydrogen-bond donors (Lipinski definition) is 2. The maximum absolute atomic E-state index is 12.1. The third kappa shape index (κ3) is 1.70. The number of fused-ring (bicyclic) bond motifs is 1. The van der Waals surface area contributed by atoms with Gasteiger partial charge in [0.15, 0.2) is 0 Å². The van der Waals surface area contributed by atoms with E-state index in [1.165, 1.54) is 22.9 Å². The Kier molecular flexibility index (Phi) is 2.53. The van der Waals surface area contributed by atoms with Crippen LogP contribution >= 0.6 is 11.8 Å². The van der Waals surface area contributed by atoms with Crippen LogP contribution in [0.5, 0.6) is 0 Å². The molecule has 2 aliphatic rings. The monoisotopic (exact) mass is 283 g/mol. The quantitative estimate of drug-likeness (QED) is 0.784. The summed E-state index contributed by atoms with van der Waals surface area (Å²) in [6, 6.07) is 0.374. The van der Waals surface area contributed by atoms with Gasteiger partial charge in [0.1, 0.15) is 17.5 Å². The highest BCUT2D eigenvalue weighted by Gasteiger charge is 2.64. The number of nitrogens with zero attached hydrogens (tertiary/aromatic N) is 2. The van der Waals surface area contributed by atoms with Crippen LogP contribution in [0.25, 0.3) is 0 Å². The van der Waals surface area contributed by atoms with Crippen LogP contribution in [0.15, 0.2) is 16.8 Å². The normalized spacial score (nSPS) is 31.8. The van der Waals surface area contributed by atoms with E-state index in [4.69, 9.17) is 4.52 Å². The SMILES string of the molecule is CC1(C)S[C@@H]2[C@H](Nc3ccno3)C(=O)N2[C@H]1C(=O)O. The minimum absolute atomic E-state index is 0.186. The van der Waals surface area contributed by atoms with E-state index < -0.39 is 22.8 Å². The predicted octanol–water partition coefficient (Wildman–Crippen LogP) is 0.602. The summed E-state index contributed by atoms with van der Waals surface area (Å²) in [5, 5.41) is 15.6. The van der Waals surface area contributed by atoms with Gasteiger partial charge in [-0.1, -0.05) is 5.16 Å². The standard InChI is InChI=1S/C11H13N3O4S/c1-11(2)7(10(16)17)14-8(15)6(9(14)19-11)13-5-3-4-12-18-5/h3-4,6-7,9,13H,1-2H3,(H,16,17)/t6-,7+,9-/m1/s1. The van der Waals surface area contributed by atoms with E-state index in [0.717, 1.165) is 0 Å². The maximum atomic E-state index is 12.1. The van der Waals surface area contributed by atoms with E-state index in [-0.39, 0.29) is 11.3 Å². The molecule has 8 heteroatoms. The van der Waals surface area contributed by atoms with E-state index in [1.54, 1.807) is 6.07 Å². The lowest BCUT2D eigenvalue weighted by atomic mass is 9.96. The van der Waals surface area contributed by atoms with Crippen molar-refractivity contribution in [2.24, 2.45) is 0 Å². The second kappa shape index (κ2) is 3.89. The average molecular weight is 283 g/mol. The number of rotatable bonds is 3. The zero-order valence-electron chi connectivity index (χ0n) is 10.4. The average Bonchev–Trinajstić information content (AvgIpc) is 2.90. The number of anilines is 1. The van der Waals surface area contributed by atoms with E-state index in [9.17, 15) is 14.7 Å². The van der Waals surface area contributed by atoms with E-state index in [1.807, 2.05) is 13.8 Å². The van der Waals surface area contributed by atoms with Crippen LogP contribution in [0, 0.1) is 0 Å². The molecule has 7 nitrogen and oxygen atoms in total. The second-order valence-electron chi connectivity index (χ2n) is 5.10. The van der Waals surface area contributed by atoms with Crippen LogP contribution in [0.1, 0.15) is 13.8 Å². The summed E-state index contributed by atoms with van der Waals surface area (Å²) in [5.41, 5.74) is 0. The smallest absolute Gasteiger partial charge is 0.327 e. The molecule has 102 valence electrons. The molecule has 0 unspecified atom stereocenters. The summed E-state index contributed by atoms with van der Waals surface area (Å²) in [6.07, 6.45) is 1.48. The van der Waals surface area contributed by atoms with Gasteiger partial charge in [0.25, 0.3) is 0 Å². The Morgan fingerprint density at radius 1 is 1.63 bits per heavy atom. The lowest BCUT2D eigenvalue weighted by Gasteiger charge is -2.43. The highest BCUT2D eigenvalue weighted by Crippen LogP contribution is 2.51. The number of aliphatic carboxylic acids is 1. The zero-order chi connectivity index (χ0) is 13.8. The third-order valence-corrected chi connectivity index (χ3v) is 4.98. The number of carboxylic acid groups (broad SMARTS) is 1. The summed E-state index contributed by atoms with van der Waals surface area (Å²) in [5.74, 6) is -0.770. The molecule has 1 aromatic rings. The maximum Gasteiger partial charge on any atom is 0.327 e. The Hall–Kier alpha value is -1.70. The van der Waals surface area contributed by atoms with Crippen molar-refractivity contribution in [2.75, 3.05) is 5.32 Å². The van der Waals surface area contributed by atoms with Crippen LogP contribution in [0.4, 0.5) is 5.88 Å². The third-order valence-electron chi connectivity index (χ3n) is 3.41. The first-order valence-corrected chi connectivity index (χ1v) is 6.70. The van der Waals surface area contributed by atoms with E-state index in [2.05, 4.69) is 10.5 Å². The lowest BCUT2D eigenvalue weighted by Crippen LogP contribution is -2.67. The van der Waals surface area contributed by atoms with Gasteiger partial charge in [-0.25, -0.2) is 4.79 Å². The molecule has 2 fully saturated rings. The van der Waals surface area contributed by atoms with Gasteiger partial charge in [0.2, 0.25) is 11.8 Å². The van der Waals surface area contributed by atoms with Gasteiger partial charge in [-0.05, 0) is 13.8 Å². The first-order valence-electron chi connectivity index (χ1n) is 5.82. The molecular weight excluding hydrogens is 270 g/mol. The van der Waals surface area contributed by atoms with E-state index >= 15 is 0 Å². The van der Waals surface area contributed by atoms with Gasteiger partial charge in [0, 0.05) is 10.8 Å². The molecular formula is C11H13N3O4S. The van der Waals surface area contributed by atoms with Crippen LogP contribution < -0.4 is 5.32 Å². The molecule has 2 saturated heterocycles. The molecule has 0 saturated carbocycles. The van der Waals surface area contributed by atoms with Gasteiger partial charge >= 0.3 is 5.97 Å². The Labute approximate surface area is 113 Å². The fraction of sp³-hybridized carbons (Fsp3) is 0.545. The fourth-order valence-electron chi connectivity index (χ4n) is 2.59. The summed E-state index contributed by atoms with van der Waals surface area (Å²) in [6.45, 7) is 3.68. The second-order valence-corrected chi connectivity index (χ2v) is 6.87. The molecule has 1 aromatic heterocycles. The number of carboxylic acids is 1. The molecule has 0 aromatic carbocycles. The van der Waals surface area contributed by atoms with Crippen LogP contribution in [-0.2, 0) is 9.59 Å². The Balaban J connectivity index is 1.81. The van der Waals surface area contributed by atoms with Gasteiger partial charge in [-0.3, -0.25) is 4.79 Å². The minimum Gasteiger partial charge on any atom is -0.480 e. The highest BCUT2D eigenvalue weighted by molar-refractivity contribution is 8.01. The van der Waals surface area contributed by atoms with Crippen molar-refractivity contribution in [1.29, 1.82) is 0 Å². The number of thioether (sulfide) groups is 1. The molecule has 0 bridgehead atoms. The Bertz CT molecular complexity index is 530. The molecule has 3 rings (SSSR count). The first-order chi connectivity index (χ1) is 8.92. The zero-order valence-corrected chi connectivity index (χ0v) is 11.2. The number of hydrogen-bond acceptors (Lipinski definition) is 6. The van der Waals surface area contributed by atoms with Crippen molar-refractivity contribution in [1.82, 2.24) is 10.1 Å². The Morgan fingerprint density at radius 3 is 2.95 bits per heavy atom.